The summed E-state index contributed by atoms with van der Waals surface area (Å²) in [6.45, 7) is 0. The van der Waals surface area contributed by atoms with Gasteiger partial charge in [-0.05, 0) is 67.7 Å². The molecule has 2 fully saturated rings. The minimum absolute atomic E-state index is 0.0724. The van der Waals surface area contributed by atoms with Crippen LogP contribution in [0.5, 0.6) is 0 Å². The van der Waals surface area contributed by atoms with Crippen molar-refractivity contribution in [2.45, 2.75) is 57.0 Å². The summed E-state index contributed by atoms with van der Waals surface area (Å²) in [6.07, 6.45) is 10.6. The maximum absolute atomic E-state index is 12.7. The standard InChI is InChI=1S/C26H28ClN3O3/c27-23-14-13-21(16-22(23)26(33)30-19-4-2-1-3-5-19)28-24(31)15-8-17-6-9-18(10-7-17)25(32)29-20-11-12-20/h6-10,13-16,19-20H,1-5,11-12H2,(H,28,31)(H,29,32)(H,30,33)/b15-8+. The molecule has 2 aromatic rings. The van der Waals surface area contributed by atoms with Crippen molar-refractivity contribution in [3.8, 4) is 0 Å². The third kappa shape index (κ3) is 6.68. The second kappa shape index (κ2) is 10.7. The molecule has 0 bridgehead atoms. The van der Waals surface area contributed by atoms with Gasteiger partial charge >= 0.3 is 0 Å². The van der Waals surface area contributed by atoms with Crippen LogP contribution in [0, 0.1) is 0 Å². The van der Waals surface area contributed by atoms with Crippen molar-refractivity contribution >= 4 is 41.1 Å². The lowest BCUT2D eigenvalue weighted by Crippen LogP contribution is -2.36. The van der Waals surface area contributed by atoms with Gasteiger partial charge in [0.05, 0.1) is 10.6 Å². The Kier molecular flexibility index (Phi) is 7.45. The number of benzene rings is 2. The number of rotatable bonds is 7. The molecule has 2 aromatic carbocycles. The number of hydrogen-bond acceptors (Lipinski definition) is 3. The SMILES string of the molecule is O=C(/C=C/c1ccc(C(=O)NC2CC2)cc1)Nc1ccc(Cl)c(C(=O)NC2CCCCC2)c1. The second-order valence-corrected chi connectivity index (χ2v) is 9.10. The monoisotopic (exact) mass is 465 g/mol. The van der Waals surface area contributed by atoms with E-state index in [9.17, 15) is 14.4 Å². The van der Waals surface area contributed by atoms with E-state index >= 15 is 0 Å². The molecule has 2 aliphatic carbocycles. The van der Waals surface area contributed by atoms with E-state index in [2.05, 4.69) is 16.0 Å². The van der Waals surface area contributed by atoms with Crippen LogP contribution in [0.4, 0.5) is 5.69 Å². The average Bonchev–Trinajstić information content (AvgIpc) is 3.64. The molecule has 3 N–H and O–H groups in total. The number of nitrogens with one attached hydrogen (secondary N) is 3. The fourth-order valence-electron chi connectivity index (χ4n) is 3.88. The molecule has 2 aliphatic rings. The summed E-state index contributed by atoms with van der Waals surface area (Å²) in [5, 5.41) is 9.12. The van der Waals surface area contributed by atoms with Crippen LogP contribution in [-0.2, 0) is 4.79 Å². The number of anilines is 1. The summed E-state index contributed by atoms with van der Waals surface area (Å²) in [5.41, 5.74) is 2.25. The van der Waals surface area contributed by atoms with Crippen LogP contribution >= 0.6 is 11.6 Å². The number of halogens is 1. The van der Waals surface area contributed by atoms with Crippen molar-refractivity contribution in [2.24, 2.45) is 0 Å². The minimum atomic E-state index is -0.327. The van der Waals surface area contributed by atoms with Crippen molar-refractivity contribution in [2.75, 3.05) is 5.32 Å². The lowest BCUT2D eigenvalue weighted by atomic mass is 9.95. The molecular formula is C26H28ClN3O3. The first-order chi connectivity index (χ1) is 16.0. The largest absolute Gasteiger partial charge is 0.349 e. The smallest absolute Gasteiger partial charge is 0.253 e. The Hall–Kier alpha value is -3.12. The summed E-state index contributed by atoms with van der Waals surface area (Å²) < 4.78 is 0. The van der Waals surface area contributed by atoms with E-state index in [0.29, 0.717) is 27.9 Å². The summed E-state index contributed by atoms with van der Waals surface area (Å²) in [6, 6.07) is 12.4. The van der Waals surface area contributed by atoms with Crippen molar-refractivity contribution < 1.29 is 14.4 Å². The highest BCUT2D eigenvalue weighted by molar-refractivity contribution is 6.34. The Bertz CT molecular complexity index is 1050. The second-order valence-electron chi connectivity index (χ2n) is 8.70. The zero-order chi connectivity index (χ0) is 23.2. The van der Waals surface area contributed by atoms with Crippen LogP contribution in [0.3, 0.4) is 0 Å². The lowest BCUT2D eigenvalue weighted by Gasteiger charge is -2.23. The number of carbonyl (C=O) groups is 3. The molecule has 0 atom stereocenters. The molecule has 2 saturated carbocycles. The molecular weight excluding hydrogens is 438 g/mol. The van der Waals surface area contributed by atoms with Gasteiger partial charge in [-0.2, -0.15) is 0 Å². The predicted molar refractivity (Wildman–Crippen MR) is 130 cm³/mol. The van der Waals surface area contributed by atoms with Gasteiger partial charge in [-0.1, -0.05) is 43.0 Å². The number of carbonyl (C=O) groups excluding carboxylic acids is 3. The first-order valence-corrected chi connectivity index (χ1v) is 11.9. The predicted octanol–water partition coefficient (Wildman–Crippen LogP) is 4.95. The molecule has 7 heteroatoms. The van der Waals surface area contributed by atoms with E-state index in [1.807, 2.05) is 0 Å². The van der Waals surface area contributed by atoms with Crippen molar-refractivity contribution in [1.29, 1.82) is 0 Å². The van der Waals surface area contributed by atoms with Gasteiger partial charge < -0.3 is 16.0 Å². The molecule has 172 valence electrons. The van der Waals surface area contributed by atoms with Crippen LogP contribution in [0.1, 0.15) is 71.2 Å². The van der Waals surface area contributed by atoms with Crippen LogP contribution in [0.25, 0.3) is 6.08 Å². The minimum Gasteiger partial charge on any atom is -0.349 e. The first kappa shape index (κ1) is 23.1. The average molecular weight is 466 g/mol. The van der Waals surface area contributed by atoms with Crippen LogP contribution in [0.2, 0.25) is 5.02 Å². The molecule has 0 radical (unpaired) electrons. The summed E-state index contributed by atoms with van der Waals surface area (Å²) in [4.78, 5) is 37.1. The van der Waals surface area contributed by atoms with Gasteiger partial charge in [0.15, 0.2) is 0 Å². The number of hydrogen-bond donors (Lipinski definition) is 3. The van der Waals surface area contributed by atoms with E-state index in [1.165, 1.54) is 12.5 Å². The third-order valence-corrected chi connectivity index (χ3v) is 6.26. The zero-order valence-corrected chi connectivity index (χ0v) is 19.2. The quantitative estimate of drug-likeness (QED) is 0.506. The lowest BCUT2D eigenvalue weighted by molar-refractivity contribution is -0.111. The maximum Gasteiger partial charge on any atom is 0.253 e. The number of amides is 3. The molecule has 4 rings (SSSR count). The van der Waals surface area contributed by atoms with Gasteiger partial charge in [-0.25, -0.2) is 0 Å². The molecule has 0 unspecified atom stereocenters. The van der Waals surface area contributed by atoms with Crippen LogP contribution in [-0.4, -0.2) is 29.8 Å². The first-order valence-electron chi connectivity index (χ1n) is 11.5. The molecule has 0 saturated heterocycles. The highest BCUT2D eigenvalue weighted by Crippen LogP contribution is 2.23. The van der Waals surface area contributed by atoms with Crippen molar-refractivity contribution in [3.05, 3.63) is 70.3 Å². The van der Waals surface area contributed by atoms with E-state index in [-0.39, 0.29) is 23.8 Å². The van der Waals surface area contributed by atoms with Gasteiger partial charge in [0, 0.05) is 29.4 Å². The summed E-state index contributed by atoms with van der Waals surface area (Å²) in [5.74, 6) is -0.618. The van der Waals surface area contributed by atoms with Gasteiger partial charge in [-0.3, -0.25) is 14.4 Å². The zero-order valence-electron chi connectivity index (χ0n) is 18.4. The summed E-state index contributed by atoms with van der Waals surface area (Å²) in [7, 11) is 0. The molecule has 0 heterocycles. The Morgan fingerprint density at radius 3 is 2.18 bits per heavy atom. The Morgan fingerprint density at radius 2 is 1.48 bits per heavy atom. The van der Waals surface area contributed by atoms with E-state index in [0.717, 1.165) is 44.1 Å². The van der Waals surface area contributed by atoms with E-state index in [4.69, 9.17) is 11.6 Å². The highest BCUT2D eigenvalue weighted by atomic mass is 35.5. The molecule has 6 nitrogen and oxygen atoms in total. The molecule has 0 aliphatic heterocycles. The van der Waals surface area contributed by atoms with Gasteiger partial charge in [0.25, 0.3) is 11.8 Å². The van der Waals surface area contributed by atoms with Gasteiger partial charge in [0.1, 0.15) is 0 Å². The van der Waals surface area contributed by atoms with E-state index in [1.54, 1.807) is 48.5 Å². The fraction of sp³-hybridized carbons (Fsp3) is 0.346. The Morgan fingerprint density at radius 1 is 0.818 bits per heavy atom. The van der Waals surface area contributed by atoms with Crippen molar-refractivity contribution in [1.82, 2.24) is 10.6 Å². The van der Waals surface area contributed by atoms with Crippen LogP contribution < -0.4 is 16.0 Å². The Labute approximate surface area is 198 Å². The molecule has 3 amide bonds. The fourth-order valence-corrected chi connectivity index (χ4v) is 4.09. The summed E-state index contributed by atoms with van der Waals surface area (Å²) >= 11 is 6.24. The third-order valence-electron chi connectivity index (χ3n) is 5.93. The van der Waals surface area contributed by atoms with Crippen LogP contribution in [0.15, 0.2) is 48.5 Å². The van der Waals surface area contributed by atoms with Gasteiger partial charge in [0.2, 0.25) is 5.91 Å². The van der Waals surface area contributed by atoms with Gasteiger partial charge in [-0.15, -0.1) is 0 Å². The molecule has 0 aromatic heterocycles. The topological polar surface area (TPSA) is 87.3 Å². The highest BCUT2D eigenvalue weighted by Gasteiger charge is 2.23. The maximum atomic E-state index is 12.7. The van der Waals surface area contributed by atoms with E-state index < -0.39 is 0 Å². The molecule has 33 heavy (non-hydrogen) atoms. The van der Waals surface area contributed by atoms with Crippen molar-refractivity contribution in [3.63, 3.8) is 0 Å². The molecule has 0 spiro atoms. The normalized spacial score (nSPS) is 16.4. The Balaban J connectivity index is 1.33.